The van der Waals surface area contributed by atoms with E-state index in [4.69, 9.17) is 5.73 Å². The molecule has 0 aromatic carbocycles. The first-order chi connectivity index (χ1) is 12.0. The lowest BCUT2D eigenvalue weighted by Crippen LogP contribution is -2.35. The maximum atomic E-state index is 12.7. The summed E-state index contributed by atoms with van der Waals surface area (Å²) in [5, 5.41) is 4.09. The first kappa shape index (κ1) is 19.4. The molecule has 10 heteroatoms. The number of primary amides is 1. The number of hydrogen-bond donors (Lipinski definition) is 1. The third-order valence-electron chi connectivity index (χ3n) is 3.62. The van der Waals surface area contributed by atoms with Crippen LogP contribution in [0.5, 0.6) is 0 Å². The molecule has 0 spiro atoms. The number of amides is 2. The maximum absolute atomic E-state index is 12.7. The van der Waals surface area contributed by atoms with Crippen LogP contribution in [0.4, 0.5) is 13.2 Å². The van der Waals surface area contributed by atoms with Gasteiger partial charge in [0.15, 0.2) is 5.82 Å². The zero-order valence-electron chi connectivity index (χ0n) is 14.4. The highest BCUT2D eigenvalue weighted by Gasteiger charge is 2.31. The van der Waals surface area contributed by atoms with Gasteiger partial charge in [-0.15, -0.1) is 0 Å². The van der Waals surface area contributed by atoms with Gasteiger partial charge in [-0.25, -0.2) is 9.67 Å². The molecule has 2 aromatic rings. The fourth-order valence-electron chi connectivity index (χ4n) is 2.45. The summed E-state index contributed by atoms with van der Waals surface area (Å²) in [4.78, 5) is 28.5. The minimum Gasteiger partial charge on any atom is -0.368 e. The number of alkyl halides is 3. The van der Waals surface area contributed by atoms with Gasteiger partial charge in [0.1, 0.15) is 0 Å². The van der Waals surface area contributed by atoms with Gasteiger partial charge in [-0.3, -0.25) is 9.59 Å². The number of pyridine rings is 1. The van der Waals surface area contributed by atoms with E-state index in [0.29, 0.717) is 11.9 Å². The van der Waals surface area contributed by atoms with Crippen LogP contribution in [-0.4, -0.2) is 45.1 Å². The van der Waals surface area contributed by atoms with Gasteiger partial charge in [-0.1, -0.05) is 13.8 Å². The van der Waals surface area contributed by atoms with Gasteiger partial charge in [0.25, 0.3) is 5.91 Å². The van der Waals surface area contributed by atoms with Crippen LogP contribution in [0, 0.1) is 0 Å². The number of nitrogens with two attached hydrogens (primary N) is 1. The third-order valence-corrected chi connectivity index (χ3v) is 3.62. The molecule has 2 aromatic heterocycles. The minimum absolute atomic E-state index is 0.151. The van der Waals surface area contributed by atoms with Crippen molar-refractivity contribution in [3.05, 3.63) is 41.3 Å². The summed E-state index contributed by atoms with van der Waals surface area (Å²) in [6, 6.07) is 2.08. The predicted octanol–water partition coefficient (Wildman–Crippen LogP) is 1.97. The molecule has 2 rings (SSSR count). The van der Waals surface area contributed by atoms with E-state index in [0.717, 1.165) is 11.0 Å². The van der Waals surface area contributed by atoms with E-state index in [2.05, 4.69) is 10.1 Å². The molecular weight excluding hydrogens is 351 g/mol. The van der Waals surface area contributed by atoms with Crippen LogP contribution in [0.2, 0.25) is 0 Å². The number of hydrogen-bond acceptors (Lipinski definition) is 4. The van der Waals surface area contributed by atoms with Gasteiger partial charge < -0.3 is 10.6 Å². The molecule has 0 atom stereocenters. The highest BCUT2D eigenvalue weighted by molar-refractivity contribution is 5.97. The number of rotatable bonds is 5. The van der Waals surface area contributed by atoms with Gasteiger partial charge in [0.2, 0.25) is 5.91 Å². The largest absolute Gasteiger partial charge is 0.417 e. The van der Waals surface area contributed by atoms with E-state index >= 15 is 0 Å². The van der Waals surface area contributed by atoms with E-state index in [1.165, 1.54) is 24.0 Å². The summed E-state index contributed by atoms with van der Waals surface area (Å²) >= 11 is 0. The van der Waals surface area contributed by atoms with Crippen LogP contribution in [0.15, 0.2) is 24.5 Å². The smallest absolute Gasteiger partial charge is 0.368 e. The van der Waals surface area contributed by atoms with Crippen molar-refractivity contribution in [1.82, 2.24) is 19.7 Å². The number of halogens is 3. The van der Waals surface area contributed by atoms with Crippen molar-refractivity contribution < 1.29 is 22.8 Å². The molecule has 7 nitrogen and oxygen atoms in total. The quantitative estimate of drug-likeness (QED) is 0.872. The van der Waals surface area contributed by atoms with Crippen molar-refractivity contribution in [2.75, 3.05) is 13.6 Å². The van der Waals surface area contributed by atoms with Gasteiger partial charge in [-0.2, -0.15) is 18.3 Å². The van der Waals surface area contributed by atoms with E-state index in [9.17, 15) is 22.8 Å². The first-order valence-electron chi connectivity index (χ1n) is 7.67. The Morgan fingerprint density at radius 2 is 1.92 bits per heavy atom. The molecule has 2 N–H and O–H groups in total. The zero-order chi connectivity index (χ0) is 19.6. The van der Waals surface area contributed by atoms with E-state index < -0.39 is 23.6 Å². The summed E-state index contributed by atoms with van der Waals surface area (Å²) in [5.41, 5.74) is 4.92. The summed E-state index contributed by atoms with van der Waals surface area (Å²) in [6.07, 6.45) is -2.48. The molecule has 2 amide bonds. The Hall–Kier alpha value is -2.91. The Labute approximate surface area is 147 Å². The predicted molar refractivity (Wildman–Crippen MR) is 86.6 cm³/mol. The monoisotopic (exact) mass is 369 g/mol. The number of likely N-dealkylation sites (N-methyl/N-ethyl adjacent to an activating group) is 1. The van der Waals surface area contributed by atoms with Crippen LogP contribution < -0.4 is 5.73 Å². The molecule has 0 unspecified atom stereocenters. The second-order valence-corrected chi connectivity index (χ2v) is 6.04. The number of nitrogens with zero attached hydrogens (tertiary/aromatic N) is 4. The first-order valence-corrected chi connectivity index (χ1v) is 7.67. The highest BCUT2D eigenvalue weighted by atomic mass is 19.4. The molecule has 0 radical (unpaired) electrons. The molecule has 0 aliphatic heterocycles. The molecule has 0 bridgehead atoms. The second kappa shape index (κ2) is 7.14. The Balaban J connectivity index is 2.44. The Morgan fingerprint density at radius 1 is 1.27 bits per heavy atom. The van der Waals surface area contributed by atoms with Crippen LogP contribution in [0.1, 0.15) is 41.4 Å². The number of aromatic nitrogens is 3. The maximum Gasteiger partial charge on any atom is 0.417 e. The molecule has 0 fully saturated rings. The zero-order valence-corrected chi connectivity index (χ0v) is 14.4. The fourth-order valence-corrected chi connectivity index (χ4v) is 2.45. The molecule has 0 saturated carbocycles. The highest BCUT2D eigenvalue weighted by Crippen LogP contribution is 2.29. The average Bonchev–Trinajstić information content (AvgIpc) is 2.97. The minimum atomic E-state index is -4.49. The topological polar surface area (TPSA) is 94.1 Å². The van der Waals surface area contributed by atoms with Crippen molar-refractivity contribution >= 4 is 11.8 Å². The van der Waals surface area contributed by atoms with E-state index in [1.807, 2.05) is 13.8 Å². The molecule has 0 saturated heterocycles. The Bertz CT molecular complexity index is 812. The lowest BCUT2D eigenvalue weighted by atomic mass is 10.0. The van der Waals surface area contributed by atoms with Crippen LogP contribution in [0.25, 0.3) is 5.82 Å². The number of carbonyl (C=O) groups excluding carboxylic acids is 2. The molecule has 0 aliphatic carbocycles. The van der Waals surface area contributed by atoms with Crippen LogP contribution in [0.3, 0.4) is 0 Å². The van der Waals surface area contributed by atoms with Crippen molar-refractivity contribution in [2.45, 2.75) is 25.9 Å². The third kappa shape index (κ3) is 4.01. The number of carbonyl (C=O) groups is 2. The molecule has 26 heavy (non-hydrogen) atoms. The lowest BCUT2D eigenvalue weighted by Gasteiger charge is -2.17. The standard InChI is InChI=1S/C16H18F3N5O2/c1-9(2)14-11(15(26)23(3)8-12(20)25)7-22-24(14)13-5-4-10(6-21-13)16(17,18)19/h4-7,9H,8H2,1-3H3,(H2,20,25). The van der Waals surface area contributed by atoms with Crippen molar-refractivity contribution in [2.24, 2.45) is 5.73 Å². The Morgan fingerprint density at radius 3 is 2.38 bits per heavy atom. The summed E-state index contributed by atoms with van der Waals surface area (Å²) < 4.78 is 39.4. The second-order valence-electron chi connectivity index (χ2n) is 6.04. The van der Waals surface area contributed by atoms with E-state index in [1.54, 1.807) is 0 Å². The Kier molecular flexibility index (Phi) is 5.33. The van der Waals surface area contributed by atoms with Crippen LogP contribution in [-0.2, 0) is 11.0 Å². The lowest BCUT2D eigenvalue weighted by molar-refractivity contribution is -0.137. The summed E-state index contributed by atoms with van der Waals surface area (Å²) in [6.45, 7) is 3.35. The van der Waals surface area contributed by atoms with Gasteiger partial charge >= 0.3 is 6.18 Å². The fraction of sp³-hybridized carbons (Fsp3) is 0.375. The molecular formula is C16H18F3N5O2. The van der Waals surface area contributed by atoms with Crippen molar-refractivity contribution in [3.8, 4) is 5.82 Å². The van der Waals surface area contributed by atoms with Crippen LogP contribution >= 0.6 is 0 Å². The van der Waals surface area contributed by atoms with Crippen molar-refractivity contribution in [3.63, 3.8) is 0 Å². The molecule has 2 heterocycles. The summed E-state index contributed by atoms with van der Waals surface area (Å²) in [5.74, 6) is -1.16. The summed E-state index contributed by atoms with van der Waals surface area (Å²) in [7, 11) is 1.42. The normalized spacial score (nSPS) is 11.7. The van der Waals surface area contributed by atoms with Gasteiger partial charge in [0, 0.05) is 13.2 Å². The van der Waals surface area contributed by atoms with Gasteiger partial charge in [-0.05, 0) is 18.1 Å². The average molecular weight is 369 g/mol. The van der Waals surface area contributed by atoms with Gasteiger partial charge in [0.05, 0.1) is 29.6 Å². The van der Waals surface area contributed by atoms with Crippen molar-refractivity contribution in [1.29, 1.82) is 0 Å². The SMILES string of the molecule is CC(C)c1c(C(=O)N(C)CC(N)=O)cnn1-c1ccc(C(F)(F)F)cn1. The molecule has 140 valence electrons. The molecule has 0 aliphatic rings. The van der Waals surface area contributed by atoms with E-state index in [-0.39, 0.29) is 23.8 Å².